The zero-order chi connectivity index (χ0) is 16.4. The van der Waals surface area contributed by atoms with E-state index in [4.69, 9.17) is 4.42 Å². The topological polar surface area (TPSA) is 36.7 Å². The van der Waals surface area contributed by atoms with Crippen molar-refractivity contribution in [2.24, 2.45) is 5.92 Å². The fraction of sp³-hybridized carbons (Fsp3) is 0.421. The Morgan fingerprint density at radius 2 is 2.04 bits per heavy atom. The number of hydrogen-bond acceptors (Lipinski definition) is 3. The first-order chi connectivity index (χ1) is 11.0. The summed E-state index contributed by atoms with van der Waals surface area (Å²) in [6, 6.07) is 12.3. The summed E-state index contributed by atoms with van der Waals surface area (Å²) in [5.74, 6) is 2.06. The summed E-state index contributed by atoms with van der Waals surface area (Å²) in [7, 11) is 1.88. The molecule has 2 heterocycles. The fourth-order valence-corrected chi connectivity index (χ4v) is 3.37. The SMILES string of the molecule is Cc1cc(C(=O)N(C)C[C@@H]2CCN(c3ccccc3)C2)c(C)o1. The van der Waals surface area contributed by atoms with Gasteiger partial charge in [0.2, 0.25) is 0 Å². The van der Waals surface area contributed by atoms with Crippen LogP contribution in [0.2, 0.25) is 0 Å². The van der Waals surface area contributed by atoms with Gasteiger partial charge in [-0.3, -0.25) is 4.79 Å². The number of carbonyl (C=O) groups excluding carboxylic acids is 1. The molecule has 2 aromatic rings. The van der Waals surface area contributed by atoms with Crippen molar-refractivity contribution in [2.75, 3.05) is 31.6 Å². The first-order valence-electron chi connectivity index (χ1n) is 8.17. The van der Waals surface area contributed by atoms with Crippen molar-refractivity contribution in [3.8, 4) is 0 Å². The van der Waals surface area contributed by atoms with Gasteiger partial charge >= 0.3 is 0 Å². The van der Waals surface area contributed by atoms with Crippen molar-refractivity contribution in [3.63, 3.8) is 0 Å². The Balaban J connectivity index is 1.60. The van der Waals surface area contributed by atoms with Gasteiger partial charge in [-0.1, -0.05) is 18.2 Å². The van der Waals surface area contributed by atoms with E-state index in [2.05, 4.69) is 29.2 Å². The van der Waals surface area contributed by atoms with Crippen molar-refractivity contribution >= 4 is 11.6 Å². The summed E-state index contributed by atoms with van der Waals surface area (Å²) in [6.07, 6.45) is 1.12. The number of benzene rings is 1. The minimum atomic E-state index is 0.0533. The molecule has 1 amide bonds. The third-order valence-corrected chi connectivity index (χ3v) is 4.56. The molecule has 0 N–H and O–H groups in total. The van der Waals surface area contributed by atoms with Crippen molar-refractivity contribution in [2.45, 2.75) is 20.3 Å². The van der Waals surface area contributed by atoms with Gasteiger partial charge in [0, 0.05) is 32.4 Å². The number of nitrogens with zero attached hydrogens (tertiary/aromatic N) is 2. The number of rotatable bonds is 4. The predicted octanol–water partition coefficient (Wildman–Crippen LogP) is 3.49. The highest BCUT2D eigenvalue weighted by Crippen LogP contribution is 2.24. The molecular formula is C19H24N2O2. The van der Waals surface area contributed by atoms with Crippen LogP contribution in [-0.2, 0) is 0 Å². The Kier molecular flexibility index (Phi) is 4.42. The summed E-state index contributed by atoms with van der Waals surface area (Å²) in [6.45, 7) is 6.57. The van der Waals surface area contributed by atoms with Crippen LogP contribution in [0.5, 0.6) is 0 Å². The van der Waals surface area contributed by atoms with Gasteiger partial charge < -0.3 is 14.2 Å². The van der Waals surface area contributed by atoms with Gasteiger partial charge in [0.25, 0.3) is 5.91 Å². The van der Waals surface area contributed by atoms with Crippen LogP contribution in [0.4, 0.5) is 5.69 Å². The molecule has 1 fully saturated rings. The number of furan rings is 1. The van der Waals surface area contributed by atoms with E-state index in [0.717, 1.165) is 31.8 Å². The van der Waals surface area contributed by atoms with E-state index in [1.807, 2.05) is 37.9 Å². The molecule has 122 valence electrons. The lowest BCUT2D eigenvalue weighted by molar-refractivity contribution is 0.0774. The first kappa shape index (κ1) is 15.7. The summed E-state index contributed by atoms with van der Waals surface area (Å²) in [4.78, 5) is 16.8. The molecule has 0 aliphatic carbocycles. The van der Waals surface area contributed by atoms with E-state index in [0.29, 0.717) is 17.2 Å². The standard InChI is InChI=1S/C19H24N2O2/c1-14-11-18(15(2)23-14)19(22)20(3)12-16-9-10-21(13-16)17-7-5-4-6-8-17/h4-8,11,16H,9-10,12-13H2,1-3H3/t16-/m0/s1. The number of carbonyl (C=O) groups is 1. The van der Waals surface area contributed by atoms with E-state index in [9.17, 15) is 4.79 Å². The van der Waals surface area contributed by atoms with Crippen LogP contribution in [0.3, 0.4) is 0 Å². The van der Waals surface area contributed by atoms with Crippen molar-refractivity contribution < 1.29 is 9.21 Å². The van der Waals surface area contributed by atoms with Gasteiger partial charge in [0.05, 0.1) is 5.56 Å². The summed E-state index contributed by atoms with van der Waals surface area (Å²) in [5, 5.41) is 0. The molecule has 0 radical (unpaired) electrons. The van der Waals surface area contributed by atoms with Crippen LogP contribution >= 0.6 is 0 Å². The van der Waals surface area contributed by atoms with Crippen LogP contribution in [0.1, 0.15) is 28.3 Å². The molecule has 0 spiro atoms. The Hall–Kier alpha value is -2.23. The van der Waals surface area contributed by atoms with Gasteiger partial charge in [-0.05, 0) is 44.4 Å². The summed E-state index contributed by atoms with van der Waals surface area (Å²) in [5.41, 5.74) is 1.95. The molecule has 0 unspecified atom stereocenters. The molecule has 1 aromatic carbocycles. The molecular weight excluding hydrogens is 288 g/mol. The van der Waals surface area contributed by atoms with Gasteiger partial charge in [0.1, 0.15) is 11.5 Å². The summed E-state index contributed by atoms with van der Waals surface area (Å²) >= 11 is 0. The maximum atomic E-state index is 12.6. The van der Waals surface area contributed by atoms with Crippen LogP contribution < -0.4 is 4.90 Å². The van der Waals surface area contributed by atoms with Gasteiger partial charge in [-0.2, -0.15) is 0 Å². The van der Waals surface area contributed by atoms with Gasteiger partial charge in [-0.25, -0.2) is 0 Å². The highest BCUT2D eigenvalue weighted by Gasteiger charge is 2.26. The Bertz CT molecular complexity index is 678. The summed E-state index contributed by atoms with van der Waals surface area (Å²) < 4.78 is 5.47. The van der Waals surface area contributed by atoms with E-state index in [1.54, 1.807) is 0 Å². The maximum absolute atomic E-state index is 12.6. The van der Waals surface area contributed by atoms with Crippen LogP contribution in [-0.4, -0.2) is 37.5 Å². The highest BCUT2D eigenvalue weighted by molar-refractivity contribution is 5.95. The number of anilines is 1. The van der Waals surface area contributed by atoms with Crippen molar-refractivity contribution in [3.05, 3.63) is 53.5 Å². The van der Waals surface area contributed by atoms with E-state index < -0.39 is 0 Å². The molecule has 3 rings (SSSR count). The average Bonchev–Trinajstić information content (AvgIpc) is 3.13. The van der Waals surface area contributed by atoms with Gasteiger partial charge in [-0.15, -0.1) is 0 Å². The lowest BCUT2D eigenvalue weighted by Crippen LogP contribution is -2.33. The Morgan fingerprint density at radius 1 is 1.30 bits per heavy atom. The molecule has 1 aliphatic heterocycles. The quantitative estimate of drug-likeness (QED) is 0.867. The van der Waals surface area contributed by atoms with E-state index in [1.165, 1.54) is 5.69 Å². The molecule has 1 saturated heterocycles. The normalized spacial score (nSPS) is 17.5. The molecule has 1 aliphatic rings. The number of hydrogen-bond donors (Lipinski definition) is 0. The van der Waals surface area contributed by atoms with E-state index in [-0.39, 0.29) is 5.91 Å². The second kappa shape index (κ2) is 6.49. The largest absolute Gasteiger partial charge is 0.466 e. The maximum Gasteiger partial charge on any atom is 0.257 e. The van der Waals surface area contributed by atoms with Crippen LogP contribution in [0.25, 0.3) is 0 Å². The van der Waals surface area contributed by atoms with Crippen molar-refractivity contribution in [1.29, 1.82) is 0 Å². The molecule has 0 saturated carbocycles. The number of para-hydroxylation sites is 1. The lowest BCUT2D eigenvalue weighted by Gasteiger charge is -2.22. The zero-order valence-corrected chi connectivity index (χ0v) is 14.1. The van der Waals surface area contributed by atoms with Gasteiger partial charge in [0.15, 0.2) is 0 Å². The van der Waals surface area contributed by atoms with Crippen molar-refractivity contribution in [1.82, 2.24) is 4.90 Å². The third kappa shape index (κ3) is 3.41. The Labute approximate surface area is 137 Å². The average molecular weight is 312 g/mol. The number of amides is 1. The van der Waals surface area contributed by atoms with E-state index >= 15 is 0 Å². The molecule has 4 heteroatoms. The molecule has 1 aromatic heterocycles. The smallest absolute Gasteiger partial charge is 0.257 e. The number of aryl methyl sites for hydroxylation is 2. The van der Waals surface area contributed by atoms with Crippen LogP contribution in [0.15, 0.2) is 40.8 Å². The molecule has 23 heavy (non-hydrogen) atoms. The highest BCUT2D eigenvalue weighted by atomic mass is 16.3. The fourth-order valence-electron chi connectivity index (χ4n) is 3.37. The molecule has 0 bridgehead atoms. The predicted molar refractivity (Wildman–Crippen MR) is 91.9 cm³/mol. The zero-order valence-electron chi connectivity index (χ0n) is 14.1. The monoisotopic (exact) mass is 312 g/mol. The third-order valence-electron chi connectivity index (χ3n) is 4.56. The molecule has 4 nitrogen and oxygen atoms in total. The first-order valence-corrected chi connectivity index (χ1v) is 8.17. The Morgan fingerprint density at radius 3 is 2.70 bits per heavy atom. The van der Waals surface area contributed by atoms with Crippen LogP contribution in [0, 0.1) is 19.8 Å². The molecule has 1 atom stereocenters. The minimum Gasteiger partial charge on any atom is -0.466 e. The minimum absolute atomic E-state index is 0.0533. The second-order valence-electron chi connectivity index (χ2n) is 6.45. The lowest BCUT2D eigenvalue weighted by atomic mass is 10.1. The second-order valence-corrected chi connectivity index (χ2v) is 6.45.